The van der Waals surface area contributed by atoms with Crippen molar-refractivity contribution in [3.63, 3.8) is 0 Å². The molecule has 0 aromatic heterocycles. The zero-order chi connectivity index (χ0) is 15.4. The molecule has 0 unspecified atom stereocenters. The van der Waals surface area contributed by atoms with Crippen LogP contribution in [0, 0.1) is 10.1 Å². The summed E-state index contributed by atoms with van der Waals surface area (Å²) >= 11 is 1.21. The van der Waals surface area contributed by atoms with Gasteiger partial charge in [-0.2, -0.15) is 0 Å². The summed E-state index contributed by atoms with van der Waals surface area (Å²) in [5.74, 6) is 0.497. The Bertz CT molecular complexity index is 700. The zero-order valence-electron chi connectivity index (χ0n) is 11.5. The molecular weight excluding hydrogens is 290 g/mol. The van der Waals surface area contributed by atoms with Gasteiger partial charge in [-0.3, -0.25) is 14.9 Å². The number of Topliss-reactive ketones (excluding diaryl/α,β-unsaturated/α-hetero) is 1. The van der Waals surface area contributed by atoms with Crippen LogP contribution >= 0.6 is 11.8 Å². The van der Waals surface area contributed by atoms with Gasteiger partial charge in [0.1, 0.15) is 5.75 Å². The second kappa shape index (κ2) is 6.41. The van der Waals surface area contributed by atoms with Gasteiger partial charge < -0.3 is 4.74 Å². The standard InChI is InChI=1S/C15H13NO4S/c1-10(17)11-7-8-12(16(18)19)15(9-11)21-14-6-4-3-5-13(14)20-2/h3-9H,1-2H3. The second-order valence-electron chi connectivity index (χ2n) is 4.25. The van der Waals surface area contributed by atoms with E-state index in [0.29, 0.717) is 16.2 Å². The molecule has 0 N–H and O–H groups in total. The first-order chi connectivity index (χ1) is 10.0. The summed E-state index contributed by atoms with van der Waals surface area (Å²) in [4.78, 5) is 23.3. The monoisotopic (exact) mass is 303 g/mol. The van der Waals surface area contributed by atoms with Crippen LogP contribution in [-0.4, -0.2) is 17.8 Å². The molecule has 0 heterocycles. The largest absolute Gasteiger partial charge is 0.496 e. The Morgan fingerprint density at radius 1 is 1.19 bits per heavy atom. The molecule has 0 atom stereocenters. The lowest BCUT2D eigenvalue weighted by Gasteiger charge is -2.08. The number of hydrogen-bond donors (Lipinski definition) is 0. The lowest BCUT2D eigenvalue weighted by molar-refractivity contribution is -0.387. The molecule has 0 bridgehead atoms. The topological polar surface area (TPSA) is 69.4 Å². The van der Waals surface area contributed by atoms with Crippen LogP contribution in [0.2, 0.25) is 0 Å². The Morgan fingerprint density at radius 2 is 1.90 bits per heavy atom. The molecular formula is C15H13NO4S. The number of hydrogen-bond acceptors (Lipinski definition) is 5. The number of ketones is 1. The van der Waals surface area contributed by atoms with E-state index >= 15 is 0 Å². The minimum Gasteiger partial charge on any atom is -0.496 e. The fourth-order valence-corrected chi connectivity index (χ4v) is 2.86. The molecule has 0 saturated heterocycles. The average Bonchev–Trinajstić information content (AvgIpc) is 2.47. The highest BCUT2D eigenvalue weighted by Gasteiger charge is 2.18. The molecule has 2 aromatic carbocycles. The average molecular weight is 303 g/mol. The number of para-hydroxylation sites is 1. The van der Waals surface area contributed by atoms with E-state index in [1.54, 1.807) is 13.2 Å². The Morgan fingerprint density at radius 3 is 2.52 bits per heavy atom. The lowest BCUT2D eigenvalue weighted by Crippen LogP contribution is -1.96. The van der Waals surface area contributed by atoms with Crippen LogP contribution in [0.1, 0.15) is 17.3 Å². The van der Waals surface area contributed by atoms with E-state index < -0.39 is 4.92 Å². The molecule has 2 rings (SSSR count). The van der Waals surface area contributed by atoms with Gasteiger partial charge in [-0.15, -0.1) is 0 Å². The summed E-state index contributed by atoms with van der Waals surface area (Å²) in [6, 6.07) is 11.6. The predicted molar refractivity (Wildman–Crippen MR) is 80.2 cm³/mol. The van der Waals surface area contributed by atoms with E-state index in [1.165, 1.54) is 36.9 Å². The summed E-state index contributed by atoms with van der Waals surface area (Å²) in [7, 11) is 1.54. The van der Waals surface area contributed by atoms with Crippen LogP contribution in [0.4, 0.5) is 5.69 Å². The maximum Gasteiger partial charge on any atom is 0.283 e. The van der Waals surface area contributed by atoms with Crippen LogP contribution < -0.4 is 4.74 Å². The van der Waals surface area contributed by atoms with Crippen molar-refractivity contribution in [3.05, 3.63) is 58.1 Å². The molecule has 2 aromatic rings. The number of benzene rings is 2. The fourth-order valence-electron chi connectivity index (χ4n) is 1.79. The van der Waals surface area contributed by atoms with Gasteiger partial charge in [0.15, 0.2) is 5.78 Å². The number of nitro groups is 1. The number of nitrogens with zero attached hydrogens (tertiary/aromatic N) is 1. The quantitative estimate of drug-likeness (QED) is 0.475. The Balaban J connectivity index is 2.48. The van der Waals surface area contributed by atoms with E-state index in [2.05, 4.69) is 0 Å². The summed E-state index contributed by atoms with van der Waals surface area (Å²) in [5, 5.41) is 11.1. The van der Waals surface area contributed by atoms with E-state index in [-0.39, 0.29) is 11.5 Å². The van der Waals surface area contributed by atoms with Crippen LogP contribution in [0.5, 0.6) is 5.75 Å². The first kappa shape index (κ1) is 15.1. The fraction of sp³-hybridized carbons (Fsp3) is 0.133. The number of methoxy groups -OCH3 is 1. The lowest BCUT2D eigenvalue weighted by atomic mass is 10.1. The minimum absolute atomic E-state index is 0.0316. The molecule has 5 nitrogen and oxygen atoms in total. The molecule has 108 valence electrons. The highest BCUT2D eigenvalue weighted by Crippen LogP contribution is 2.39. The van der Waals surface area contributed by atoms with Gasteiger partial charge in [0, 0.05) is 11.6 Å². The van der Waals surface area contributed by atoms with Crippen LogP contribution in [0.15, 0.2) is 52.3 Å². The molecule has 0 aliphatic heterocycles. The Hall–Kier alpha value is -2.34. The highest BCUT2D eigenvalue weighted by molar-refractivity contribution is 7.99. The van der Waals surface area contributed by atoms with Crippen LogP contribution in [-0.2, 0) is 0 Å². The molecule has 21 heavy (non-hydrogen) atoms. The van der Waals surface area contributed by atoms with Crippen molar-refractivity contribution in [2.75, 3.05) is 7.11 Å². The predicted octanol–water partition coefficient (Wildman–Crippen LogP) is 3.96. The van der Waals surface area contributed by atoms with E-state index in [9.17, 15) is 14.9 Å². The van der Waals surface area contributed by atoms with Gasteiger partial charge in [-0.05, 0) is 31.2 Å². The third-order valence-electron chi connectivity index (χ3n) is 2.85. The van der Waals surface area contributed by atoms with Crippen molar-refractivity contribution in [1.82, 2.24) is 0 Å². The van der Waals surface area contributed by atoms with Crippen molar-refractivity contribution in [2.24, 2.45) is 0 Å². The smallest absolute Gasteiger partial charge is 0.283 e. The first-order valence-corrected chi connectivity index (χ1v) is 6.95. The maximum atomic E-state index is 11.5. The Kier molecular flexibility index (Phi) is 4.59. The number of carbonyl (C=O) groups is 1. The SMILES string of the molecule is COc1ccccc1Sc1cc(C(C)=O)ccc1[N+](=O)[O-]. The summed E-state index contributed by atoms with van der Waals surface area (Å²) in [5.41, 5.74) is 0.411. The molecule has 0 aliphatic rings. The van der Waals surface area contributed by atoms with Gasteiger partial charge >= 0.3 is 0 Å². The molecule has 0 aliphatic carbocycles. The number of nitro benzene ring substituents is 1. The van der Waals surface area contributed by atoms with Crippen molar-refractivity contribution in [1.29, 1.82) is 0 Å². The van der Waals surface area contributed by atoms with E-state index in [4.69, 9.17) is 4.74 Å². The third kappa shape index (κ3) is 3.41. The summed E-state index contributed by atoms with van der Waals surface area (Å²) < 4.78 is 5.24. The Labute approximate surface area is 126 Å². The second-order valence-corrected chi connectivity index (χ2v) is 5.33. The normalized spacial score (nSPS) is 10.2. The molecule has 6 heteroatoms. The van der Waals surface area contributed by atoms with Crippen LogP contribution in [0.3, 0.4) is 0 Å². The maximum absolute atomic E-state index is 11.5. The van der Waals surface area contributed by atoms with Gasteiger partial charge in [0.2, 0.25) is 0 Å². The van der Waals surface area contributed by atoms with Crippen LogP contribution in [0.25, 0.3) is 0 Å². The minimum atomic E-state index is -0.457. The first-order valence-electron chi connectivity index (χ1n) is 6.13. The van der Waals surface area contributed by atoms with E-state index in [0.717, 1.165) is 4.90 Å². The molecule has 0 radical (unpaired) electrons. The zero-order valence-corrected chi connectivity index (χ0v) is 12.3. The van der Waals surface area contributed by atoms with Crippen molar-refractivity contribution in [2.45, 2.75) is 16.7 Å². The van der Waals surface area contributed by atoms with Crippen molar-refractivity contribution < 1.29 is 14.5 Å². The van der Waals surface area contributed by atoms with Crippen molar-refractivity contribution >= 4 is 23.2 Å². The molecule has 0 amide bonds. The van der Waals surface area contributed by atoms with Gasteiger partial charge in [0.05, 0.1) is 21.8 Å². The summed E-state index contributed by atoms with van der Waals surface area (Å²) in [6.45, 7) is 1.43. The number of ether oxygens (including phenoxy) is 1. The highest BCUT2D eigenvalue weighted by atomic mass is 32.2. The van der Waals surface area contributed by atoms with Gasteiger partial charge in [-0.25, -0.2) is 0 Å². The van der Waals surface area contributed by atoms with Gasteiger partial charge in [-0.1, -0.05) is 23.9 Å². The van der Waals surface area contributed by atoms with Gasteiger partial charge in [0.25, 0.3) is 5.69 Å². The summed E-state index contributed by atoms with van der Waals surface area (Å²) in [6.07, 6.45) is 0. The number of carbonyl (C=O) groups excluding carboxylic acids is 1. The molecule has 0 spiro atoms. The van der Waals surface area contributed by atoms with Crippen molar-refractivity contribution in [3.8, 4) is 5.75 Å². The van der Waals surface area contributed by atoms with E-state index in [1.807, 2.05) is 18.2 Å². The third-order valence-corrected chi connectivity index (χ3v) is 3.96. The molecule has 0 saturated carbocycles. The number of rotatable bonds is 5. The molecule has 0 fully saturated rings.